The number of hydrogen-bond acceptors (Lipinski definition) is 3. The van der Waals surface area contributed by atoms with E-state index in [1.165, 1.54) is 6.07 Å². The number of aromatic amines is 1. The number of rotatable bonds is 1. The van der Waals surface area contributed by atoms with E-state index < -0.39 is 0 Å². The van der Waals surface area contributed by atoms with Gasteiger partial charge in [-0.2, -0.15) is 0 Å². The number of ether oxygens (including phenoxy) is 1. The minimum atomic E-state index is -0.231. The average Bonchev–Trinajstić information content (AvgIpc) is 2.53. The number of nitrogens with zero attached hydrogens (tertiary/aromatic N) is 1. The van der Waals surface area contributed by atoms with Crippen molar-refractivity contribution in [3.05, 3.63) is 27.4 Å². The summed E-state index contributed by atoms with van der Waals surface area (Å²) in [6.07, 6.45) is 1.80. The lowest BCUT2D eigenvalue weighted by Gasteiger charge is -2.07. The maximum Gasteiger partial charge on any atom is 0.252 e. The third-order valence-electron chi connectivity index (χ3n) is 1.96. The first-order valence-corrected chi connectivity index (χ1v) is 4.52. The van der Waals surface area contributed by atoms with E-state index in [1.807, 2.05) is 0 Å². The van der Waals surface area contributed by atoms with Gasteiger partial charge in [-0.15, -0.1) is 0 Å². The first-order valence-electron chi connectivity index (χ1n) is 4.14. The Labute approximate surface area is 79.9 Å². The summed E-state index contributed by atoms with van der Waals surface area (Å²) in [6, 6.07) is 1.25. The number of hydrogen-bond donors (Lipinski definition) is 1. The molecule has 2 rings (SSSR count). The van der Waals surface area contributed by atoms with Crippen LogP contribution >= 0.6 is 11.6 Å². The quantitative estimate of drug-likeness (QED) is 0.695. The molecule has 0 aliphatic carbocycles. The van der Waals surface area contributed by atoms with Crippen LogP contribution in [0.25, 0.3) is 0 Å². The Hall–Kier alpha value is -0.870. The second-order valence-corrected chi connectivity index (χ2v) is 3.34. The molecular formula is C8H9ClN2O2. The van der Waals surface area contributed by atoms with E-state index >= 15 is 0 Å². The molecule has 1 aliphatic rings. The van der Waals surface area contributed by atoms with Crippen LogP contribution in [-0.4, -0.2) is 16.6 Å². The fourth-order valence-electron chi connectivity index (χ4n) is 1.39. The van der Waals surface area contributed by atoms with Gasteiger partial charge in [-0.25, -0.2) is 4.98 Å². The average molecular weight is 201 g/mol. The molecule has 0 radical (unpaired) electrons. The molecule has 1 aromatic rings. The molecule has 4 nitrogen and oxygen atoms in total. The molecule has 0 bridgehead atoms. The zero-order valence-electron chi connectivity index (χ0n) is 6.92. The van der Waals surface area contributed by atoms with Gasteiger partial charge in [-0.3, -0.25) is 4.79 Å². The van der Waals surface area contributed by atoms with Crippen LogP contribution in [-0.2, 0) is 4.74 Å². The van der Waals surface area contributed by atoms with Gasteiger partial charge in [-0.1, -0.05) is 11.6 Å². The minimum Gasteiger partial charge on any atom is -0.370 e. The van der Waals surface area contributed by atoms with Gasteiger partial charge in [0.15, 0.2) is 0 Å². The SMILES string of the molecule is O=c1cc(Cl)nc(C2CCCO2)[nH]1. The number of nitrogens with one attached hydrogen (secondary N) is 1. The molecule has 1 aromatic heterocycles. The van der Waals surface area contributed by atoms with Crippen molar-refractivity contribution in [3.63, 3.8) is 0 Å². The first kappa shape index (κ1) is 8.72. The van der Waals surface area contributed by atoms with Crippen molar-refractivity contribution in [2.24, 2.45) is 0 Å². The first-order chi connectivity index (χ1) is 6.25. The van der Waals surface area contributed by atoms with Crippen molar-refractivity contribution in [1.29, 1.82) is 0 Å². The standard InChI is InChI=1S/C8H9ClN2O2/c9-6-4-7(12)11-8(10-6)5-2-1-3-13-5/h4-5H,1-3H2,(H,10,11,12). The minimum absolute atomic E-state index is 0.0913. The van der Waals surface area contributed by atoms with Crippen LogP contribution in [0.3, 0.4) is 0 Å². The van der Waals surface area contributed by atoms with Crippen LogP contribution in [0.1, 0.15) is 24.8 Å². The predicted molar refractivity (Wildman–Crippen MR) is 47.8 cm³/mol. The predicted octanol–water partition coefficient (Wildman–Crippen LogP) is 1.27. The molecule has 70 valence electrons. The van der Waals surface area contributed by atoms with Crippen LogP contribution < -0.4 is 5.56 Å². The topological polar surface area (TPSA) is 55.0 Å². The van der Waals surface area contributed by atoms with Crippen molar-refractivity contribution in [2.75, 3.05) is 6.61 Å². The summed E-state index contributed by atoms with van der Waals surface area (Å²) in [6.45, 7) is 0.723. The summed E-state index contributed by atoms with van der Waals surface area (Å²) < 4.78 is 5.36. The zero-order valence-corrected chi connectivity index (χ0v) is 7.67. The molecular weight excluding hydrogens is 192 g/mol. The Morgan fingerprint density at radius 3 is 3.15 bits per heavy atom. The van der Waals surface area contributed by atoms with Crippen molar-refractivity contribution < 1.29 is 4.74 Å². The van der Waals surface area contributed by atoms with E-state index in [9.17, 15) is 4.79 Å². The fourth-order valence-corrected chi connectivity index (χ4v) is 1.58. The highest BCUT2D eigenvalue weighted by Crippen LogP contribution is 2.25. The molecule has 0 amide bonds. The number of H-pyrrole nitrogens is 1. The Kier molecular flexibility index (Phi) is 2.33. The van der Waals surface area contributed by atoms with Crippen LogP contribution in [0, 0.1) is 0 Å². The molecule has 0 spiro atoms. The number of aromatic nitrogens is 2. The largest absolute Gasteiger partial charge is 0.370 e. The van der Waals surface area contributed by atoms with Crippen LogP contribution in [0.5, 0.6) is 0 Å². The van der Waals surface area contributed by atoms with Gasteiger partial charge in [0, 0.05) is 12.7 Å². The summed E-state index contributed by atoms with van der Waals surface area (Å²) in [5, 5.41) is 0.217. The maximum absolute atomic E-state index is 11.0. The molecule has 2 heterocycles. The van der Waals surface area contributed by atoms with Gasteiger partial charge in [-0.05, 0) is 12.8 Å². The summed E-state index contributed by atoms with van der Waals surface area (Å²) >= 11 is 5.64. The van der Waals surface area contributed by atoms with E-state index in [-0.39, 0.29) is 16.8 Å². The molecule has 1 fully saturated rings. The highest BCUT2D eigenvalue weighted by atomic mass is 35.5. The van der Waals surface area contributed by atoms with E-state index in [1.54, 1.807) is 0 Å². The summed E-state index contributed by atoms with van der Waals surface area (Å²) in [7, 11) is 0. The van der Waals surface area contributed by atoms with Gasteiger partial charge in [0.2, 0.25) is 0 Å². The molecule has 1 aliphatic heterocycles. The molecule has 1 N–H and O–H groups in total. The highest BCUT2D eigenvalue weighted by Gasteiger charge is 2.20. The van der Waals surface area contributed by atoms with Gasteiger partial charge < -0.3 is 9.72 Å². The van der Waals surface area contributed by atoms with E-state index in [4.69, 9.17) is 16.3 Å². The molecule has 1 atom stereocenters. The second kappa shape index (κ2) is 3.47. The Morgan fingerprint density at radius 1 is 1.69 bits per heavy atom. The van der Waals surface area contributed by atoms with Crippen molar-refractivity contribution >= 4 is 11.6 Å². The molecule has 13 heavy (non-hydrogen) atoms. The van der Waals surface area contributed by atoms with Crippen LogP contribution in [0.15, 0.2) is 10.9 Å². The van der Waals surface area contributed by atoms with Gasteiger partial charge in [0.25, 0.3) is 5.56 Å². The normalized spacial score (nSPS) is 22.1. The smallest absolute Gasteiger partial charge is 0.252 e. The molecule has 1 saturated heterocycles. The summed E-state index contributed by atoms with van der Waals surface area (Å²) in [5.41, 5.74) is -0.231. The highest BCUT2D eigenvalue weighted by molar-refractivity contribution is 6.29. The monoisotopic (exact) mass is 200 g/mol. The third-order valence-corrected chi connectivity index (χ3v) is 2.16. The maximum atomic E-state index is 11.0. The van der Waals surface area contributed by atoms with Gasteiger partial charge in [0.1, 0.15) is 17.1 Å². The van der Waals surface area contributed by atoms with E-state index in [0.717, 1.165) is 19.4 Å². The molecule has 5 heteroatoms. The molecule has 1 unspecified atom stereocenters. The van der Waals surface area contributed by atoms with Crippen molar-refractivity contribution in [1.82, 2.24) is 9.97 Å². The Morgan fingerprint density at radius 2 is 2.54 bits per heavy atom. The van der Waals surface area contributed by atoms with Crippen LogP contribution in [0.2, 0.25) is 5.15 Å². The lowest BCUT2D eigenvalue weighted by atomic mass is 10.2. The third kappa shape index (κ3) is 1.89. The lowest BCUT2D eigenvalue weighted by molar-refractivity contribution is 0.105. The second-order valence-electron chi connectivity index (χ2n) is 2.96. The zero-order chi connectivity index (χ0) is 9.26. The molecule has 0 aromatic carbocycles. The van der Waals surface area contributed by atoms with Gasteiger partial charge in [0.05, 0.1) is 0 Å². The van der Waals surface area contributed by atoms with E-state index in [0.29, 0.717) is 5.82 Å². The van der Waals surface area contributed by atoms with Crippen LogP contribution in [0.4, 0.5) is 0 Å². The lowest BCUT2D eigenvalue weighted by Crippen LogP contribution is -2.13. The fraction of sp³-hybridized carbons (Fsp3) is 0.500. The summed E-state index contributed by atoms with van der Waals surface area (Å²) in [5.74, 6) is 0.537. The Bertz CT molecular complexity index is 357. The number of halogens is 1. The van der Waals surface area contributed by atoms with Crippen molar-refractivity contribution in [3.8, 4) is 0 Å². The molecule has 0 saturated carbocycles. The summed E-state index contributed by atoms with van der Waals surface area (Å²) in [4.78, 5) is 17.6. The van der Waals surface area contributed by atoms with Gasteiger partial charge >= 0.3 is 0 Å². The van der Waals surface area contributed by atoms with Crippen molar-refractivity contribution in [2.45, 2.75) is 18.9 Å². The van der Waals surface area contributed by atoms with E-state index in [2.05, 4.69) is 9.97 Å². The Balaban J connectivity index is 2.33.